The van der Waals surface area contributed by atoms with Gasteiger partial charge in [-0.1, -0.05) is 59.3 Å². The molecule has 0 radical (unpaired) electrons. The molecule has 0 heterocycles. The van der Waals surface area contributed by atoms with Gasteiger partial charge < -0.3 is 4.90 Å². The van der Waals surface area contributed by atoms with Gasteiger partial charge in [-0.15, -0.1) is 0 Å². The van der Waals surface area contributed by atoms with Gasteiger partial charge in [-0.25, -0.2) is 0 Å². The fourth-order valence-electron chi connectivity index (χ4n) is 2.44. The third-order valence-electron chi connectivity index (χ3n) is 3.57. The molecule has 110 valence electrons. The topological polar surface area (TPSA) is 20.3 Å². The average Bonchev–Trinajstić information content (AvgIpc) is 2.52. The molecule has 0 aliphatic heterocycles. The predicted octanol–water partition coefficient (Wildman–Crippen LogP) is 5.06. The number of benzene rings is 2. The van der Waals surface area contributed by atoms with Crippen LogP contribution < -0.4 is 0 Å². The first-order valence-corrected chi connectivity index (χ1v) is 8.05. The SMILES string of the molecule is CCCN(C(=O)c1ccccc1)C(C)c1ccccc1Br. The first-order valence-electron chi connectivity index (χ1n) is 7.25. The Kier molecular flexibility index (Phi) is 5.57. The third kappa shape index (κ3) is 3.73. The van der Waals surface area contributed by atoms with Crippen LogP contribution in [0.1, 0.15) is 42.2 Å². The highest BCUT2D eigenvalue weighted by Crippen LogP contribution is 2.28. The van der Waals surface area contributed by atoms with Gasteiger partial charge in [-0.05, 0) is 37.1 Å². The first kappa shape index (κ1) is 15.8. The molecule has 2 rings (SSSR count). The van der Waals surface area contributed by atoms with Crippen LogP contribution in [0.25, 0.3) is 0 Å². The lowest BCUT2D eigenvalue weighted by molar-refractivity contribution is 0.0690. The Morgan fingerprint density at radius 3 is 2.33 bits per heavy atom. The molecule has 2 aromatic rings. The van der Waals surface area contributed by atoms with Gasteiger partial charge in [0.2, 0.25) is 0 Å². The Morgan fingerprint density at radius 1 is 1.10 bits per heavy atom. The maximum atomic E-state index is 12.8. The van der Waals surface area contributed by atoms with Crippen LogP contribution in [0.3, 0.4) is 0 Å². The van der Waals surface area contributed by atoms with Crippen molar-refractivity contribution < 1.29 is 4.79 Å². The van der Waals surface area contributed by atoms with E-state index in [2.05, 4.69) is 35.8 Å². The van der Waals surface area contributed by atoms with E-state index in [4.69, 9.17) is 0 Å². The monoisotopic (exact) mass is 345 g/mol. The molecular formula is C18H20BrNO. The minimum absolute atomic E-state index is 0.0354. The zero-order valence-corrected chi connectivity index (χ0v) is 14.0. The van der Waals surface area contributed by atoms with Gasteiger partial charge in [0.1, 0.15) is 0 Å². The molecule has 1 unspecified atom stereocenters. The number of halogens is 1. The molecule has 2 nitrogen and oxygen atoms in total. The molecule has 1 amide bonds. The summed E-state index contributed by atoms with van der Waals surface area (Å²) in [6, 6.07) is 17.6. The van der Waals surface area contributed by atoms with Crippen molar-refractivity contribution in [1.82, 2.24) is 4.90 Å². The first-order chi connectivity index (χ1) is 10.1. The Labute approximate surface area is 134 Å². The summed E-state index contributed by atoms with van der Waals surface area (Å²) in [6.07, 6.45) is 0.938. The van der Waals surface area contributed by atoms with Crippen LogP contribution in [-0.2, 0) is 0 Å². The van der Waals surface area contributed by atoms with E-state index < -0.39 is 0 Å². The minimum atomic E-state index is 0.0354. The van der Waals surface area contributed by atoms with E-state index in [1.807, 2.05) is 53.4 Å². The summed E-state index contributed by atoms with van der Waals surface area (Å²) >= 11 is 3.58. The molecule has 0 saturated heterocycles. The van der Waals surface area contributed by atoms with E-state index in [1.165, 1.54) is 0 Å². The van der Waals surface area contributed by atoms with Crippen LogP contribution in [0, 0.1) is 0 Å². The molecule has 0 N–H and O–H groups in total. The summed E-state index contributed by atoms with van der Waals surface area (Å²) in [5.41, 5.74) is 1.88. The van der Waals surface area contributed by atoms with Crippen LogP contribution in [0.5, 0.6) is 0 Å². The fourth-order valence-corrected chi connectivity index (χ4v) is 3.06. The molecule has 21 heavy (non-hydrogen) atoms. The summed E-state index contributed by atoms with van der Waals surface area (Å²) in [7, 11) is 0. The van der Waals surface area contributed by atoms with Crippen LogP contribution in [-0.4, -0.2) is 17.4 Å². The minimum Gasteiger partial charge on any atom is -0.332 e. The van der Waals surface area contributed by atoms with E-state index in [9.17, 15) is 4.79 Å². The summed E-state index contributed by atoms with van der Waals surface area (Å²) in [4.78, 5) is 14.7. The molecule has 1 atom stereocenters. The second-order valence-electron chi connectivity index (χ2n) is 5.06. The molecular weight excluding hydrogens is 326 g/mol. The van der Waals surface area contributed by atoms with Crippen LogP contribution in [0.4, 0.5) is 0 Å². The molecule has 2 aromatic carbocycles. The lowest BCUT2D eigenvalue weighted by atomic mass is 10.1. The van der Waals surface area contributed by atoms with Gasteiger partial charge in [0.25, 0.3) is 5.91 Å². The Hall–Kier alpha value is -1.61. The van der Waals surface area contributed by atoms with E-state index in [1.54, 1.807) is 0 Å². The van der Waals surface area contributed by atoms with Crippen molar-refractivity contribution in [2.75, 3.05) is 6.54 Å². The summed E-state index contributed by atoms with van der Waals surface area (Å²) < 4.78 is 1.04. The van der Waals surface area contributed by atoms with Gasteiger partial charge in [0.05, 0.1) is 6.04 Å². The summed E-state index contributed by atoms with van der Waals surface area (Å²) in [5, 5.41) is 0. The van der Waals surface area contributed by atoms with E-state index >= 15 is 0 Å². The van der Waals surface area contributed by atoms with E-state index in [0.717, 1.165) is 28.6 Å². The Bertz CT molecular complexity index is 597. The number of hydrogen-bond donors (Lipinski definition) is 0. The molecule has 0 bridgehead atoms. The second kappa shape index (κ2) is 7.41. The number of carbonyl (C=O) groups excluding carboxylic acids is 1. The zero-order valence-electron chi connectivity index (χ0n) is 12.4. The second-order valence-corrected chi connectivity index (χ2v) is 5.92. The lowest BCUT2D eigenvalue weighted by Gasteiger charge is -2.30. The smallest absolute Gasteiger partial charge is 0.254 e. The van der Waals surface area contributed by atoms with Crippen molar-refractivity contribution in [3.05, 3.63) is 70.2 Å². The Morgan fingerprint density at radius 2 is 1.71 bits per heavy atom. The van der Waals surface area contributed by atoms with Gasteiger partial charge in [-0.3, -0.25) is 4.79 Å². The fraction of sp³-hybridized carbons (Fsp3) is 0.278. The number of rotatable bonds is 5. The standard InChI is InChI=1S/C18H20BrNO/c1-3-13-20(18(21)15-9-5-4-6-10-15)14(2)16-11-7-8-12-17(16)19/h4-12,14H,3,13H2,1-2H3. The van der Waals surface area contributed by atoms with E-state index in [0.29, 0.717) is 0 Å². The highest BCUT2D eigenvalue weighted by Gasteiger charge is 2.23. The maximum absolute atomic E-state index is 12.8. The van der Waals surface area contributed by atoms with Gasteiger partial charge in [-0.2, -0.15) is 0 Å². The normalized spacial score (nSPS) is 12.0. The van der Waals surface area contributed by atoms with E-state index in [-0.39, 0.29) is 11.9 Å². The molecule has 0 saturated carbocycles. The molecule has 0 aliphatic rings. The predicted molar refractivity (Wildman–Crippen MR) is 90.3 cm³/mol. The quantitative estimate of drug-likeness (QED) is 0.741. The van der Waals surface area contributed by atoms with Gasteiger partial charge in [0, 0.05) is 16.6 Å². The largest absolute Gasteiger partial charge is 0.332 e. The Balaban J connectivity index is 2.31. The highest BCUT2D eigenvalue weighted by molar-refractivity contribution is 9.10. The summed E-state index contributed by atoms with van der Waals surface area (Å²) in [5.74, 6) is 0.0840. The number of hydrogen-bond acceptors (Lipinski definition) is 1. The van der Waals surface area contributed by atoms with Crippen LogP contribution in [0.15, 0.2) is 59.1 Å². The molecule has 0 fully saturated rings. The maximum Gasteiger partial charge on any atom is 0.254 e. The van der Waals surface area contributed by atoms with Crippen molar-refractivity contribution >= 4 is 21.8 Å². The molecule has 0 aliphatic carbocycles. The highest BCUT2D eigenvalue weighted by atomic mass is 79.9. The van der Waals surface area contributed by atoms with Crippen molar-refractivity contribution in [2.45, 2.75) is 26.3 Å². The third-order valence-corrected chi connectivity index (χ3v) is 4.29. The molecule has 0 aromatic heterocycles. The average molecular weight is 346 g/mol. The van der Waals surface area contributed by atoms with Crippen LogP contribution >= 0.6 is 15.9 Å². The molecule has 0 spiro atoms. The lowest BCUT2D eigenvalue weighted by Crippen LogP contribution is -2.34. The van der Waals surface area contributed by atoms with Gasteiger partial charge in [0.15, 0.2) is 0 Å². The van der Waals surface area contributed by atoms with Gasteiger partial charge >= 0.3 is 0 Å². The number of nitrogens with zero attached hydrogens (tertiary/aromatic N) is 1. The molecule has 3 heteroatoms. The van der Waals surface area contributed by atoms with Crippen LogP contribution in [0.2, 0.25) is 0 Å². The van der Waals surface area contributed by atoms with Crippen molar-refractivity contribution in [3.63, 3.8) is 0 Å². The van der Waals surface area contributed by atoms with Crippen molar-refractivity contribution in [2.24, 2.45) is 0 Å². The zero-order chi connectivity index (χ0) is 15.2. The number of amides is 1. The summed E-state index contributed by atoms with van der Waals surface area (Å²) in [6.45, 7) is 4.92. The van der Waals surface area contributed by atoms with Crippen molar-refractivity contribution in [1.29, 1.82) is 0 Å². The number of carbonyl (C=O) groups is 1. The van der Waals surface area contributed by atoms with Crippen molar-refractivity contribution in [3.8, 4) is 0 Å².